The molecule has 1 aromatic heterocycles. The smallest absolute Gasteiger partial charge is 0.223 e. The maximum absolute atomic E-state index is 13.3. The van der Waals surface area contributed by atoms with Crippen molar-refractivity contribution in [2.45, 2.75) is 57.8 Å². The van der Waals surface area contributed by atoms with Gasteiger partial charge in [-0.1, -0.05) is 29.8 Å². The summed E-state index contributed by atoms with van der Waals surface area (Å²) in [6.07, 6.45) is 7.57. The lowest BCUT2D eigenvalue weighted by atomic mass is 10.0. The van der Waals surface area contributed by atoms with Gasteiger partial charge in [0.05, 0.1) is 11.9 Å². The molecule has 1 amide bonds. The first-order valence-corrected chi connectivity index (χ1v) is 11.5. The number of hydrogen-bond donors (Lipinski definition) is 0. The average Bonchev–Trinajstić information content (AvgIpc) is 3.38. The SMILES string of the molecule is Cc1ccc(-n2cc(CN3CC[C@@H]4[C@H]3CCCC(=O)N4Cc3ccc(F)cc3)cn2)cc1. The number of benzene rings is 2. The first kappa shape index (κ1) is 20.9. The number of fused-ring (bicyclic) bond motifs is 1. The highest BCUT2D eigenvalue weighted by atomic mass is 19.1. The molecule has 0 bridgehead atoms. The number of rotatable bonds is 5. The van der Waals surface area contributed by atoms with Gasteiger partial charge in [0.25, 0.3) is 0 Å². The molecule has 0 saturated carbocycles. The lowest BCUT2D eigenvalue weighted by molar-refractivity contribution is -0.133. The number of halogens is 1. The van der Waals surface area contributed by atoms with Gasteiger partial charge >= 0.3 is 0 Å². The van der Waals surface area contributed by atoms with E-state index in [9.17, 15) is 9.18 Å². The van der Waals surface area contributed by atoms with Crippen molar-refractivity contribution in [3.05, 3.63) is 83.4 Å². The molecular weight excluding hydrogens is 403 g/mol. The minimum atomic E-state index is -0.243. The molecule has 2 aliphatic rings. The van der Waals surface area contributed by atoms with Crippen LogP contribution in [0.5, 0.6) is 0 Å². The van der Waals surface area contributed by atoms with Gasteiger partial charge in [0.15, 0.2) is 0 Å². The Morgan fingerprint density at radius 1 is 0.969 bits per heavy atom. The Bertz CT molecular complexity index is 1080. The quantitative estimate of drug-likeness (QED) is 0.597. The van der Waals surface area contributed by atoms with E-state index in [0.717, 1.165) is 43.6 Å². The Morgan fingerprint density at radius 3 is 2.53 bits per heavy atom. The summed E-state index contributed by atoms with van der Waals surface area (Å²) in [5.41, 5.74) is 4.47. The number of carbonyl (C=O) groups is 1. The van der Waals surface area contributed by atoms with Crippen molar-refractivity contribution in [2.24, 2.45) is 0 Å². The fourth-order valence-corrected chi connectivity index (χ4v) is 5.13. The molecule has 2 aromatic carbocycles. The van der Waals surface area contributed by atoms with E-state index in [2.05, 4.69) is 47.4 Å². The minimum absolute atomic E-state index is 0.210. The molecule has 0 radical (unpaired) electrons. The van der Waals surface area contributed by atoms with Crippen LogP contribution in [0.3, 0.4) is 0 Å². The molecular formula is C26H29FN4O. The van der Waals surface area contributed by atoms with Crippen LogP contribution in [0, 0.1) is 12.7 Å². The third kappa shape index (κ3) is 4.32. The lowest BCUT2D eigenvalue weighted by Crippen LogP contribution is -2.45. The van der Waals surface area contributed by atoms with Crippen molar-refractivity contribution in [2.75, 3.05) is 6.54 Å². The topological polar surface area (TPSA) is 41.4 Å². The molecule has 6 heteroatoms. The normalized spacial score (nSPS) is 21.6. The predicted octanol–water partition coefficient (Wildman–Crippen LogP) is 4.48. The van der Waals surface area contributed by atoms with Crippen LogP contribution in [-0.4, -0.2) is 44.1 Å². The summed E-state index contributed by atoms with van der Waals surface area (Å²) in [7, 11) is 0. The zero-order chi connectivity index (χ0) is 22.1. The fraction of sp³-hybridized carbons (Fsp3) is 0.385. The zero-order valence-corrected chi connectivity index (χ0v) is 18.5. The monoisotopic (exact) mass is 432 g/mol. The van der Waals surface area contributed by atoms with E-state index in [1.807, 2.05) is 15.8 Å². The van der Waals surface area contributed by atoms with E-state index in [1.54, 1.807) is 12.1 Å². The van der Waals surface area contributed by atoms with Crippen LogP contribution in [0.2, 0.25) is 0 Å². The maximum atomic E-state index is 13.3. The highest BCUT2D eigenvalue weighted by molar-refractivity contribution is 5.77. The Labute approximate surface area is 188 Å². The van der Waals surface area contributed by atoms with E-state index in [4.69, 9.17) is 0 Å². The lowest BCUT2D eigenvalue weighted by Gasteiger charge is -2.33. The van der Waals surface area contributed by atoms with Crippen LogP contribution >= 0.6 is 0 Å². The zero-order valence-electron chi connectivity index (χ0n) is 18.5. The van der Waals surface area contributed by atoms with Gasteiger partial charge in [-0.15, -0.1) is 0 Å². The summed E-state index contributed by atoms with van der Waals surface area (Å²) in [6, 6.07) is 15.4. The number of likely N-dealkylation sites (tertiary alicyclic amines) is 2. The first-order valence-electron chi connectivity index (χ1n) is 11.5. The van der Waals surface area contributed by atoms with Crippen LogP contribution in [0.4, 0.5) is 4.39 Å². The van der Waals surface area contributed by atoms with Crippen LogP contribution in [0.25, 0.3) is 5.69 Å². The summed E-state index contributed by atoms with van der Waals surface area (Å²) in [4.78, 5) is 17.5. The van der Waals surface area contributed by atoms with Gasteiger partial charge in [-0.3, -0.25) is 9.69 Å². The Balaban J connectivity index is 1.30. The second-order valence-corrected chi connectivity index (χ2v) is 9.06. The Hall–Kier alpha value is -2.99. The second-order valence-electron chi connectivity index (χ2n) is 9.06. The minimum Gasteiger partial charge on any atom is -0.334 e. The van der Waals surface area contributed by atoms with Crippen LogP contribution in [0.15, 0.2) is 60.9 Å². The number of aryl methyl sites for hydroxylation is 1. The maximum Gasteiger partial charge on any atom is 0.223 e. The highest BCUT2D eigenvalue weighted by Crippen LogP contribution is 2.32. The van der Waals surface area contributed by atoms with E-state index >= 15 is 0 Å². The van der Waals surface area contributed by atoms with Crippen LogP contribution in [-0.2, 0) is 17.9 Å². The molecule has 2 saturated heterocycles. The van der Waals surface area contributed by atoms with Crippen molar-refractivity contribution in [1.82, 2.24) is 19.6 Å². The molecule has 5 nitrogen and oxygen atoms in total. The fourth-order valence-electron chi connectivity index (χ4n) is 5.13. The third-order valence-electron chi connectivity index (χ3n) is 6.82. The molecule has 0 aliphatic carbocycles. The van der Waals surface area contributed by atoms with Crippen molar-refractivity contribution in [1.29, 1.82) is 0 Å². The van der Waals surface area contributed by atoms with Crippen molar-refractivity contribution >= 4 is 5.91 Å². The van der Waals surface area contributed by atoms with Crippen molar-refractivity contribution in [3.8, 4) is 5.69 Å². The summed E-state index contributed by atoms with van der Waals surface area (Å²) < 4.78 is 15.2. The Kier molecular flexibility index (Phi) is 5.79. The average molecular weight is 433 g/mol. The number of aromatic nitrogens is 2. The second kappa shape index (κ2) is 8.87. The van der Waals surface area contributed by atoms with E-state index in [1.165, 1.54) is 23.3 Å². The first-order chi connectivity index (χ1) is 15.6. The van der Waals surface area contributed by atoms with E-state index < -0.39 is 0 Å². The summed E-state index contributed by atoms with van der Waals surface area (Å²) in [5.74, 6) is -0.0251. The van der Waals surface area contributed by atoms with Crippen molar-refractivity contribution in [3.63, 3.8) is 0 Å². The van der Waals surface area contributed by atoms with Gasteiger partial charge in [-0.25, -0.2) is 9.07 Å². The summed E-state index contributed by atoms with van der Waals surface area (Å²) in [5, 5.41) is 4.57. The molecule has 0 unspecified atom stereocenters. The number of hydrogen-bond acceptors (Lipinski definition) is 3. The van der Waals surface area contributed by atoms with Gasteiger partial charge < -0.3 is 4.90 Å². The predicted molar refractivity (Wildman–Crippen MR) is 122 cm³/mol. The van der Waals surface area contributed by atoms with E-state index in [0.29, 0.717) is 19.0 Å². The molecule has 166 valence electrons. The van der Waals surface area contributed by atoms with Gasteiger partial charge in [0.2, 0.25) is 5.91 Å². The summed E-state index contributed by atoms with van der Waals surface area (Å²) in [6.45, 7) is 4.45. The number of nitrogens with zero attached hydrogens (tertiary/aromatic N) is 4. The molecule has 0 N–H and O–H groups in total. The molecule has 3 heterocycles. The Morgan fingerprint density at radius 2 is 1.75 bits per heavy atom. The van der Waals surface area contributed by atoms with Crippen molar-refractivity contribution < 1.29 is 9.18 Å². The molecule has 32 heavy (non-hydrogen) atoms. The molecule has 0 spiro atoms. The standard InChI is InChI=1S/C26H29FN4O/c1-19-5-11-23(12-6-19)31-18-21(15-28-31)16-29-14-13-25-24(29)3-2-4-26(32)30(25)17-20-7-9-22(27)10-8-20/h5-12,15,18,24-25H,2-4,13-14,16-17H2,1H3/t24-,25-/m1/s1. The molecule has 2 aliphatic heterocycles. The number of amides is 1. The van der Waals surface area contributed by atoms with Gasteiger partial charge in [0, 0.05) is 49.9 Å². The summed E-state index contributed by atoms with van der Waals surface area (Å²) >= 11 is 0. The molecule has 2 atom stereocenters. The van der Waals surface area contributed by atoms with Gasteiger partial charge in [-0.05, 0) is 56.0 Å². The molecule has 5 rings (SSSR count). The van der Waals surface area contributed by atoms with Crippen LogP contribution in [0.1, 0.15) is 42.4 Å². The molecule has 3 aromatic rings. The largest absolute Gasteiger partial charge is 0.334 e. The third-order valence-corrected chi connectivity index (χ3v) is 6.82. The highest BCUT2D eigenvalue weighted by Gasteiger charge is 2.41. The van der Waals surface area contributed by atoms with Gasteiger partial charge in [-0.2, -0.15) is 5.10 Å². The van der Waals surface area contributed by atoms with Gasteiger partial charge in [0.1, 0.15) is 5.82 Å². The number of carbonyl (C=O) groups excluding carboxylic acids is 1. The van der Waals surface area contributed by atoms with Crippen LogP contribution < -0.4 is 0 Å². The molecule has 2 fully saturated rings. The van der Waals surface area contributed by atoms with E-state index in [-0.39, 0.29) is 17.8 Å².